The number of rotatable bonds is 3. The maximum atomic E-state index is 12.1. The number of hydrogen-bond acceptors (Lipinski definition) is 7. The van der Waals surface area contributed by atoms with E-state index in [-0.39, 0.29) is 12.6 Å². The predicted octanol–water partition coefficient (Wildman–Crippen LogP) is 1.19. The number of ether oxygens (including phenoxy) is 1. The number of carbonyl (C=O) groups excluding carboxylic acids is 1. The third-order valence-corrected chi connectivity index (χ3v) is 2.72. The van der Waals surface area contributed by atoms with Gasteiger partial charge in [0.05, 0.1) is 18.4 Å². The standard InChI is InChI=1S/C13H14N4O3/c1-3-19-12(18)10-8(2)16-13(15-7-14)17-11(10)9-5-4-6-20-9/h4-6,11H,3H2,1-2H3,(H2,15,16,17)/t11-/m1/s1. The molecule has 1 aliphatic rings. The summed E-state index contributed by atoms with van der Waals surface area (Å²) in [6.07, 6.45) is 3.28. The Morgan fingerprint density at radius 2 is 2.50 bits per heavy atom. The average molecular weight is 274 g/mol. The summed E-state index contributed by atoms with van der Waals surface area (Å²) in [4.78, 5) is 16.3. The molecular formula is C13H14N4O3. The third-order valence-electron chi connectivity index (χ3n) is 2.72. The normalized spacial score (nSPS) is 17.9. The van der Waals surface area contributed by atoms with Crippen molar-refractivity contribution in [3.05, 3.63) is 35.4 Å². The zero-order valence-corrected chi connectivity index (χ0v) is 11.1. The lowest BCUT2D eigenvalue weighted by atomic mass is 10.0. The maximum Gasteiger partial charge on any atom is 0.338 e. The summed E-state index contributed by atoms with van der Waals surface area (Å²) < 4.78 is 10.4. The molecule has 0 fully saturated rings. The molecule has 2 N–H and O–H groups in total. The fourth-order valence-electron chi connectivity index (χ4n) is 1.92. The average Bonchev–Trinajstić information content (AvgIpc) is 2.92. The molecule has 0 saturated heterocycles. The molecule has 1 atom stereocenters. The first-order chi connectivity index (χ1) is 9.67. The van der Waals surface area contributed by atoms with Crippen LogP contribution in [-0.2, 0) is 9.53 Å². The Kier molecular flexibility index (Phi) is 4.05. The van der Waals surface area contributed by atoms with E-state index in [9.17, 15) is 4.79 Å². The quantitative estimate of drug-likeness (QED) is 0.488. The molecule has 2 heterocycles. The van der Waals surface area contributed by atoms with Crippen molar-refractivity contribution >= 4 is 11.9 Å². The summed E-state index contributed by atoms with van der Waals surface area (Å²) in [7, 11) is 0. The van der Waals surface area contributed by atoms with E-state index in [1.54, 1.807) is 32.2 Å². The Morgan fingerprint density at radius 1 is 1.70 bits per heavy atom. The van der Waals surface area contributed by atoms with Gasteiger partial charge in [-0.1, -0.05) is 0 Å². The van der Waals surface area contributed by atoms with E-state index in [4.69, 9.17) is 14.4 Å². The molecule has 2 rings (SSSR count). The molecule has 1 aliphatic heterocycles. The molecule has 0 spiro atoms. The highest BCUT2D eigenvalue weighted by Gasteiger charge is 2.31. The summed E-state index contributed by atoms with van der Waals surface area (Å²) in [5.74, 6) is 0.309. The van der Waals surface area contributed by atoms with Crippen molar-refractivity contribution in [1.82, 2.24) is 10.6 Å². The lowest BCUT2D eigenvalue weighted by Gasteiger charge is -2.23. The van der Waals surface area contributed by atoms with Gasteiger partial charge in [0.15, 0.2) is 6.19 Å². The minimum atomic E-state index is -0.638. The number of carbonyl (C=O) groups is 1. The van der Waals surface area contributed by atoms with Crippen LogP contribution in [0.3, 0.4) is 0 Å². The lowest BCUT2D eigenvalue weighted by Crippen LogP contribution is -2.39. The minimum absolute atomic E-state index is 0.263. The molecule has 104 valence electrons. The van der Waals surface area contributed by atoms with Crippen LogP contribution in [0.25, 0.3) is 0 Å². The second kappa shape index (κ2) is 5.93. The number of nitriles is 1. The summed E-state index contributed by atoms with van der Waals surface area (Å²) >= 11 is 0. The minimum Gasteiger partial charge on any atom is -0.467 e. The monoisotopic (exact) mass is 274 g/mol. The van der Waals surface area contributed by atoms with Gasteiger partial charge < -0.3 is 14.5 Å². The number of furan rings is 1. The van der Waals surface area contributed by atoms with Gasteiger partial charge >= 0.3 is 5.97 Å². The van der Waals surface area contributed by atoms with E-state index in [2.05, 4.69) is 15.6 Å². The number of nitrogens with zero attached hydrogens (tertiary/aromatic N) is 2. The van der Waals surface area contributed by atoms with E-state index >= 15 is 0 Å². The highest BCUT2D eigenvalue weighted by atomic mass is 16.5. The van der Waals surface area contributed by atoms with Crippen molar-refractivity contribution < 1.29 is 13.9 Å². The summed E-state index contributed by atoms with van der Waals surface area (Å²) in [6.45, 7) is 3.72. The Morgan fingerprint density at radius 3 is 3.10 bits per heavy atom. The van der Waals surface area contributed by atoms with Crippen LogP contribution in [0.1, 0.15) is 25.6 Å². The van der Waals surface area contributed by atoms with E-state index in [0.717, 1.165) is 0 Å². The zero-order valence-electron chi connectivity index (χ0n) is 11.1. The summed E-state index contributed by atoms with van der Waals surface area (Å²) in [5, 5.41) is 13.9. The zero-order chi connectivity index (χ0) is 14.5. The van der Waals surface area contributed by atoms with E-state index in [0.29, 0.717) is 17.0 Å². The Labute approximate surface area is 115 Å². The van der Waals surface area contributed by atoms with Gasteiger partial charge in [-0.15, -0.1) is 0 Å². The first kappa shape index (κ1) is 13.7. The van der Waals surface area contributed by atoms with Gasteiger partial charge in [0, 0.05) is 5.70 Å². The lowest BCUT2D eigenvalue weighted by molar-refractivity contribution is -0.139. The molecule has 0 aromatic carbocycles. The van der Waals surface area contributed by atoms with Crippen LogP contribution < -0.4 is 10.6 Å². The molecule has 7 nitrogen and oxygen atoms in total. The van der Waals surface area contributed by atoms with Crippen molar-refractivity contribution in [3.63, 3.8) is 0 Å². The largest absolute Gasteiger partial charge is 0.467 e. The van der Waals surface area contributed by atoms with Crippen LogP contribution in [0.15, 0.2) is 39.1 Å². The van der Waals surface area contributed by atoms with Gasteiger partial charge in [-0.3, -0.25) is 5.32 Å². The molecular weight excluding hydrogens is 260 g/mol. The molecule has 1 aromatic heterocycles. The SMILES string of the molecule is CCOC(=O)C1=C(C)NC(NC#N)=N[C@@H]1c1ccco1. The van der Waals surface area contributed by atoms with Crippen molar-refractivity contribution in [2.75, 3.05) is 6.61 Å². The summed E-state index contributed by atoms with van der Waals surface area (Å²) in [6, 6.07) is 2.79. The van der Waals surface area contributed by atoms with Gasteiger partial charge in [-0.25, -0.2) is 9.79 Å². The van der Waals surface area contributed by atoms with Gasteiger partial charge in [-0.05, 0) is 26.0 Å². The van der Waals surface area contributed by atoms with Crippen LogP contribution in [-0.4, -0.2) is 18.5 Å². The topological polar surface area (TPSA) is 99.7 Å². The van der Waals surface area contributed by atoms with E-state index in [1.165, 1.54) is 6.26 Å². The number of esters is 1. The number of nitrogens with one attached hydrogen (secondary N) is 2. The van der Waals surface area contributed by atoms with Crippen molar-refractivity contribution in [2.45, 2.75) is 19.9 Å². The second-order valence-corrected chi connectivity index (χ2v) is 4.02. The fraction of sp³-hybridized carbons (Fsp3) is 0.308. The number of hydrogen-bond donors (Lipinski definition) is 2. The van der Waals surface area contributed by atoms with Gasteiger partial charge in [0.2, 0.25) is 5.96 Å². The molecule has 0 radical (unpaired) electrons. The van der Waals surface area contributed by atoms with E-state index in [1.807, 2.05) is 0 Å². The first-order valence-corrected chi connectivity index (χ1v) is 6.08. The number of aliphatic imine (C=N–C) groups is 1. The molecule has 0 saturated carbocycles. The molecule has 1 aromatic rings. The molecule has 0 unspecified atom stereocenters. The number of allylic oxidation sites excluding steroid dienone is 1. The second-order valence-electron chi connectivity index (χ2n) is 4.02. The van der Waals surface area contributed by atoms with Crippen LogP contribution >= 0.6 is 0 Å². The first-order valence-electron chi connectivity index (χ1n) is 6.08. The Hall–Kier alpha value is -2.75. The number of guanidine groups is 1. The van der Waals surface area contributed by atoms with Crippen molar-refractivity contribution in [3.8, 4) is 6.19 Å². The van der Waals surface area contributed by atoms with Gasteiger partial charge in [-0.2, -0.15) is 5.26 Å². The van der Waals surface area contributed by atoms with Crippen LogP contribution in [0.2, 0.25) is 0 Å². The smallest absolute Gasteiger partial charge is 0.338 e. The van der Waals surface area contributed by atoms with Crippen molar-refractivity contribution in [2.24, 2.45) is 4.99 Å². The van der Waals surface area contributed by atoms with Gasteiger partial charge in [0.1, 0.15) is 11.8 Å². The third kappa shape index (κ3) is 2.64. The van der Waals surface area contributed by atoms with Crippen LogP contribution in [0.5, 0.6) is 0 Å². The molecule has 0 bridgehead atoms. The highest BCUT2D eigenvalue weighted by molar-refractivity contribution is 5.95. The molecule has 7 heteroatoms. The van der Waals surface area contributed by atoms with Crippen molar-refractivity contribution in [1.29, 1.82) is 5.26 Å². The maximum absolute atomic E-state index is 12.1. The van der Waals surface area contributed by atoms with E-state index < -0.39 is 12.0 Å². The summed E-state index contributed by atoms with van der Waals surface area (Å²) in [5.41, 5.74) is 0.933. The van der Waals surface area contributed by atoms with Crippen LogP contribution in [0, 0.1) is 11.5 Å². The van der Waals surface area contributed by atoms with Crippen LogP contribution in [0.4, 0.5) is 0 Å². The highest BCUT2D eigenvalue weighted by Crippen LogP contribution is 2.31. The Bertz CT molecular complexity index is 596. The molecule has 0 amide bonds. The molecule has 20 heavy (non-hydrogen) atoms. The fourth-order valence-corrected chi connectivity index (χ4v) is 1.92. The Balaban J connectivity index is 2.40. The molecule has 0 aliphatic carbocycles. The predicted molar refractivity (Wildman–Crippen MR) is 70.1 cm³/mol. The van der Waals surface area contributed by atoms with Gasteiger partial charge in [0.25, 0.3) is 0 Å².